The van der Waals surface area contributed by atoms with Crippen LogP contribution in [-0.4, -0.2) is 21.0 Å². The summed E-state index contributed by atoms with van der Waals surface area (Å²) in [5.41, 5.74) is 1.48. The second kappa shape index (κ2) is 6.31. The second-order valence-electron chi connectivity index (χ2n) is 4.13. The summed E-state index contributed by atoms with van der Waals surface area (Å²) in [6.07, 6.45) is 1.47. The maximum atomic E-state index is 10.7. The zero-order chi connectivity index (χ0) is 15.4. The van der Waals surface area contributed by atoms with E-state index in [2.05, 4.69) is 26.2 Å². The highest BCUT2D eigenvalue weighted by Gasteiger charge is 2.09. The molecule has 0 amide bonds. The Bertz CT molecular complexity index is 688. The number of nitro groups is 1. The first-order valence-electron chi connectivity index (χ1n) is 5.83. The average Bonchev–Trinajstić information content (AvgIpc) is 2.46. The second-order valence-corrected chi connectivity index (χ2v) is 4.99. The number of anilines is 1. The van der Waals surface area contributed by atoms with Crippen LogP contribution in [0.4, 0.5) is 11.4 Å². The van der Waals surface area contributed by atoms with E-state index in [0.29, 0.717) is 16.7 Å². The summed E-state index contributed by atoms with van der Waals surface area (Å²) in [6, 6.07) is 7.49. The number of halogens is 1. The lowest BCUT2D eigenvalue weighted by Crippen LogP contribution is -2.04. The molecule has 1 heterocycles. The predicted octanol–water partition coefficient (Wildman–Crippen LogP) is 3.06. The van der Waals surface area contributed by atoms with Crippen LogP contribution in [0.15, 0.2) is 41.0 Å². The van der Waals surface area contributed by atoms with Crippen molar-refractivity contribution < 1.29 is 14.8 Å². The smallest absolute Gasteiger partial charge is 0.354 e. The Balaban J connectivity index is 2.06. The van der Waals surface area contributed by atoms with Gasteiger partial charge in [0.15, 0.2) is 0 Å². The molecule has 0 spiro atoms. The molecule has 108 valence electrons. The quantitative estimate of drug-likeness (QED) is 0.633. The molecular formula is C13H10BrN3O4. The molecule has 2 N–H and O–H groups in total. The van der Waals surface area contributed by atoms with Crippen molar-refractivity contribution in [1.82, 2.24) is 4.98 Å². The van der Waals surface area contributed by atoms with Crippen LogP contribution < -0.4 is 5.32 Å². The van der Waals surface area contributed by atoms with E-state index in [0.717, 1.165) is 5.56 Å². The summed E-state index contributed by atoms with van der Waals surface area (Å²) >= 11 is 3.26. The fraction of sp³-hybridized carbons (Fsp3) is 0.0769. The number of non-ortho nitro benzene ring substituents is 1. The molecule has 1 aromatic carbocycles. The summed E-state index contributed by atoms with van der Waals surface area (Å²) in [7, 11) is 0. The van der Waals surface area contributed by atoms with E-state index in [1.807, 2.05) is 0 Å². The van der Waals surface area contributed by atoms with E-state index in [-0.39, 0.29) is 11.4 Å². The van der Waals surface area contributed by atoms with Gasteiger partial charge < -0.3 is 10.4 Å². The van der Waals surface area contributed by atoms with Crippen LogP contribution in [0.1, 0.15) is 16.1 Å². The van der Waals surface area contributed by atoms with Gasteiger partial charge in [0.05, 0.1) is 4.92 Å². The number of nitro benzene ring substituents is 1. The van der Waals surface area contributed by atoms with Gasteiger partial charge in [0.1, 0.15) is 5.69 Å². The van der Waals surface area contributed by atoms with E-state index in [1.165, 1.54) is 24.4 Å². The molecule has 21 heavy (non-hydrogen) atoms. The largest absolute Gasteiger partial charge is 0.477 e. The first-order valence-corrected chi connectivity index (χ1v) is 6.62. The van der Waals surface area contributed by atoms with E-state index in [4.69, 9.17) is 5.11 Å². The molecular weight excluding hydrogens is 342 g/mol. The van der Waals surface area contributed by atoms with Crippen LogP contribution in [0.5, 0.6) is 0 Å². The summed E-state index contributed by atoms with van der Waals surface area (Å²) < 4.78 is 0.576. The Kier molecular flexibility index (Phi) is 4.49. The van der Waals surface area contributed by atoms with Gasteiger partial charge in [-0.05, 0) is 33.6 Å². The van der Waals surface area contributed by atoms with Crippen molar-refractivity contribution in [2.75, 3.05) is 5.32 Å². The summed E-state index contributed by atoms with van der Waals surface area (Å²) in [5, 5.41) is 22.5. The van der Waals surface area contributed by atoms with Gasteiger partial charge >= 0.3 is 5.97 Å². The van der Waals surface area contributed by atoms with Gasteiger partial charge in [-0.1, -0.05) is 6.07 Å². The third-order valence-electron chi connectivity index (χ3n) is 2.69. The van der Waals surface area contributed by atoms with Gasteiger partial charge in [-0.3, -0.25) is 10.1 Å². The first kappa shape index (κ1) is 14.9. The average molecular weight is 352 g/mol. The lowest BCUT2D eigenvalue weighted by molar-refractivity contribution is -0.384. The molecule has 7 nitrogen and oxygen atoms in total. The molecule has 1 aromatic heterocycles. The Hall–Kier alpha value is -2.48. The molecule has 2 rings (SSSR count). The van der Waals surface area contributed by atoms with Crippen molar-refractivity contribution in [3.63, 3.8) is 0 Å². The lowest BCUT2D eigenvalue weighted by Gasteiger charge is -2.08. The Morgan fingerprint density at radius 3 is 2.67 bits per heavy atom. The maximum absolute atomic E-state index is 10.7. The van der Waals surface area contributed by atoms with Crippen molar-refractivity contribution in [1.29, 1.82) is 0 Å². The number of hydrogen-bond donors (Lipinski definition) is 2. The molecule has 0 bridgehead atoms. The highest BCUT2D eigenvalue weighted by Crippen LogP contribution is 2.27. The molecule has 0 aliphatic carbocycles. The predicted molar refractivity (Wildman–Crippen MR) is 79.3 cm³/mol. The highest BCUT2D eigenvalue weighted by atomic mass is 79.9. The zero-order valence-electron chi connectivity index (χ0n) is 10.6. The monoisotopic (exact) mass is 351 g/mol. The van der Waals surface area contributed by atoms with Crippen LogP contribution >= 0.6 is 15.9 Å². The van der Waals surface area contributed by atoms with Gasteiger partial charge in [-0.2, -0.15) is 0 Å². The molecule has 0 radical (unpaired) electrons. The number of nitrogens with zero attached hydrogens (tertiary/aromatic N) is 2. The van der Waals surface area contributed by atoms with Gasteiger partial charge in [0.25, 0.3) is 5.69 Å². The van der Waals surface area contributed by atoms with Crippen LogP contribution in [0.3, 0.4) is 0 Å². The normalized spacial score (nSPS) is 10.1. The Labute approximate surface area is 127 Å². The van der Waals surface area contributed by atoms with Gasteiger partial charge in [-0.15, -0.1) is 0 Å². The number of pyridine rings is 1. The van der Waals surface area contributed by atoms with Crippen molar-refractivity contribution >= 4 is 33.3 Å². The molecule has 0 aliphatic heterocycles. The highest BCUT2D eigenvalue weighted by molar-refractivity contribution is 9.10. The lowest BCUT2D eigenvalue weighted by atomic mass is 10.2. The summed E-state index contributed by atoms with van der Waals surface area (Å²) in [4.78, 5) is 24.7. The number of carboxylic acids is 1. The standard InChI is InChI=1S/C13H10BrN3O4/c14-10-5-9(17(20)21)2-4-11(10)15-6-8-1-3-12(13(18)19)16-7-8/h1-5,7,15H,6H2,(H,18,19). The number of carboxylic acid groups (broad SMARTS) is 1. The van der Waals surface area contributed by atoms with E-state index < -0.39 is 10.9 Å². The molecule has 0 saturated carbocycles. The molecule has 0 fully saturated rings. The molecule has 0 aliphatic rings. The number of carbonyl (C=O) groups is 1. The molecule has 0 saturated heterocycles. The van der Waals surface area contributed by atoms with E-state index >= 15 is 0 Å². The topological polar surface area (TPSA) is 105 Å². The van der Waals surface area contributed by atoms with Crippen molar-refractivity contribution in [3.05, 3.63) is 62.4 Å². The van der Waals surface area contributed by atoms with Crippen LogP contribution in [0, 0.1) is 10.1 Å². The summed E-state index contributed by atoms with van der Waals surface area (Å²) in [5.74, 6) is -1.08. The number of aromatic carboxylic acids is 1. The minimum Gasteiger partial charge on any atom is -0.477 e. The van der Waals surface area contributed by atoms with Gasteiger partial charge in [0, 0.05) is 35.0 Å². The van der Waals surface area contributed by atoms with Crippen molar-refractivity contribution in [3.8, 4) is 0 Å². The van der Waals surface area contributed by atoms with E-state index in [1.54, 1.807) is 12.1 Å². The van der Waals surface area contributed by atoms with Crippen LogP contribution in [0.25, 0.3) is 0 Å². The maximum Gasteiger partial charge on any atom is 0.354 e. The van der Waals surface area contributed by atoms with E-state index in [9.17, 15) is 14.9 Å². The summed E-state index contributed by atoms with van der Waals surface area (Å²) in [6.45, 7) is 0.420. The Morgan fingerprint density at radius 2 is 2.14 bits per heavy atom. The molecule has 0 atom stereocenters. The number of benzene rings is 1. The minimum atomic E-state index is -1.08. The zero-order valence-corrected chi connectivity index (χ0v) is 12.2. The number of rotatable bonds is 5. The number of nitrogens with one attached hydrogen (secondary N) is 1. The minimum absolute atomic E-state index is 0.0000900. The van der Waals surface area contributed by atoms with Crippen molar-refractivity contribution in [2.45, 2.75) is 6.54 Å². The SMILES string of the molecule is O=C(O)c1ccc(CNc2ccc([N+](=O)[O-])cc2Br)cn1. The van der Waals surface area contributed by atoms with Crippen LogP contribution in [0.2, 0.25) is 0 Å². The van der Waals surface area contributed by atoms with Gasteiger partial charge in [-0.25, -0.2) is 9.78 Å². The fourth-order valence-corrected chi connectivity index (χ4v) is 2.12. The number of hydrogen-bond acceptors (Lipinski definition) is 5. The van der Waals surface area contributed by atoms with Gasteiger partial charge in [0.2, 0.25) is 0 Å². The Morgan fingerprint density at radius 1 is 1.38 bits per heavy atom. The first-order chi connectivity index (χ1) is 9.97. The number of aromatic nitrogens is 1. The third kappa shape index (κ3) is 3.76. The van der Waals surface area contributed by atoms with Crippen LogP contribution in [-0.2, 0) is 6.54 Å². The van der Waals surface area contributed by atoms with Crippen molar-refractivity contribution in [2.24, 2.45) is 0 Å². The molecule has 0 unspecified atom stereocenters. The third-order valence-corrected chi connectivity index (χ3v) is 3.35. The molecule has 2 aromatic rings. The fourth-order valence-electron chi connectivity index (χ4n) is 1.61. The molecule has 8 heteroatoms.